The van der Waals surface area contributed by atoms with Gasteiger partial charge in [-0.2, -0.15) is 5.26 Å². The summed E-state index contributed by atoms with van der Waals surface area (Å²) in [5.41, 5.74) is 2.87. The summed E-state index contributed by atoms with van der Waals surface area (Å²) in [7, 11) is 0. The second kappa shape index (κ2) is 4.40. The number of rotatable bonds is 3. The van der Waals surface area contributed by atoms with Crippen LogP contribution in [0.3, 0.4) is 0 Å². The SMILES string of the molecule is Cc1c(C=O)ccc2c1cc(C#N)n2CCO. The molecule has 2 rings (SSSR count). The minimum absolute atomic E-state index is 0.0209. The number of fused-ring (bicyclic) bond motifs is 1. The molecule has 0 radical (unpaired) electrons. The van der Waals surface area contributed by atoms with Crippen molar-refractivity contribution >= 4 is 17.2 Å². The van der Waals surface area contributed by atoms with E-state index in [1.54, 1.807) is 16.7 Å². The van der Waals surface area contributed by atoms with Crippen molar-refractivity contribution in [3.05, 3.63) is 35.0 Å². The molecule has 0 fully saturated rings. The highest BCUT2D eigenvalue weighted by Crippen LogP contribution is 2.24. The van der Waals surface area contributed by atoms with Crippen molar-refractivity contribution in [2.24, 2.45) is 0 Å². The molecule has 0 unspecified atom stereocenters. The molecule has 0 spiro atoms. The van der Waals surface area contributed by atoms with E-state index < -0.39 is 0 Å². The molecule has 0 saturated carbocycles. The first kappa shape index (κ1) is 11.4. The molecule has 1 N–H and O–H groups in total. The van der Waals surface area contributed by atoms with Gasteiger partial charge < -0.3 is 9.67 Å². The molecule has 0 bridgehead atoms. The van der Waals surface area contributed by atoms with Gasteiger partial charge in [0.25, 0.3) is 0 Å². The molecule has 17 heavy (non-hydrogen) atoms. The standard InChI is InChI=1S/C13H12N2O2/c1-9-10(8-17)2-3-13-12(9)6-11(7-14)15(13)4-5-16/h2-3,6,8,16H,4-5H2,1H3. The minimum Gasteiger partial charge on any atom is -0.395 e. The lowest BCUT2D eigenvalue weighted by molar-refractivity contribution is 0.112. The van der Waals surface area contributed by atoms with E-state index in [0.29, 0.717) is 17.8 Å². The zero-order valence-electron chi connectivity index (χ0n) is 9.47. The Balaban J connectivity index is 2.79. The van der Waals surface area contributed by atoms with E-state index in [4.69, 9.17) is 10.4 Å². The number of aromatic nitrogens is 1. The summed E-state index contributed by atoms with van der Waals surface area (Å²) >= 11 is 0. The van der Waals surface area contributed by atoms with Gasteiger partial charge in [0.2, 0.25) is 0 Å². The molecule has 0 amide bonds. The topological polar surface area (TPSA) is 66.0 Å². The summed E-state index contributed by atoms with van der Waals surface area (Å²) in [6.07, 6.45) is 0.810. The lowest BCUT2D eigenvalue weighted by Gasteiger charge is -2.05. The molecule has 0 aliphatic carbocycles. The van der Waals surface area contributed by atoms with Crippen molar-refractivity contribution in [3.8, 4) is 6.07 Å². The number of hydrogen-bond acceptors (Lipinski definition) is 3. The van der Waals surface area contributed by atoms with E-state index in [1.165, 1.54) is 0 Å². The lowest BCUT2D eigenvalue weighted by Crippen LogP contribution is -2.04. The zero-order chi connectivity index (χ0) is 12.4. The highest BCUT2D eigenvalue weighted by Gasteiger charge is 2.11. The van der Waals surface area contributed by atoms with Crippen molar-refractivity contribution in [2.75, 3.05) is 6.61 Å². The molecule has 1 aromatic heterocycles. The average molecular weight is 228 g/mol. The number of nitriles is 1. The summed E-state index contributed by atoms with van der Waals surface area (Å²) < 4.78 is 1.76. The Morgan fingerprint density at radius 3 is 2.88 bits per heavy atom. The van der Waals surface area contributed by atoms with Crippen LogP contribution < -0.4 is 0 Å². The zero-order valence-corrected chi connectivity index (χ0v) is 9.47. The maximum atomic E-state index is 10.8. The van der Waals surface area contributed by atoms with Crippen LogP contribution in [0.15, 0.2) is 18.2 Å². The van der Waals surface area contributed by atoms with Crippen LogP contribution >= 0.6 is 0 Å². The predicted molar refractivity (Wildman–Crippen MR) is 63.9 cm³/mol. The molecular weight excluding hydrogens is 216 g/mol. The Morgan fingerprint density at radius 2 is 2.29 bits per heavy atom. The Kier molecular flexibility index (Phi) is 2.94. The van der Waals surface area contributed by atoms with Crippen LogP contribution in [0, 0.1) is 18.3 Å². The third-order valence-corrected chi connectivity index (χ3v) is 2.96. The van der Waals surface area contributed by atoms with Gasteiger partial charge in [-0.05, 0) is 30.7 Å². The number of carbonyl (C=O) groups is 1. The third-order valence-electron chi connectivity index (χ3n) is 2.96. The number of aldehydes is 1. The van der Waals surface area contributed by atoms with Gasteiger partial charge in [0.1, 0.15) is 18.0 Å². The highest BCUT2D eigenvalue weighted by molar-refractivity contribution is 5.92. The smallest absolute Gasteiger partial charge is 0.150 e. The average Bonchev–Trinajstić information content (AvgIpc) is 2.70. The first-order valence-corrected chi connectivity index (χ1v) is 5.32. The fourth-order valence-corrected chi connectivity index (χ4v) is 2.05. The second-order valence-electron chi connectivity index (χ2n) is 3.85. The Morgan fingerprint density at radius 1 is 1.53 bits per heavy atom. The quantitative estimate of drug-likeness (QED) is 0.812. The monoisotopic (exact) mass is 228 g/mol. The van der Waals surface area contributed by atoms with Crippen LogP contribution in [0.2, 0.25) is 0 Å². The first-order chi connectivity index (χ1) is 8.22. The van der Waals surface area contributed by atoms with Gasteiger partial charge in [0.15, 0.2) is 0 Å². The van der Waals surface area contributed by atoms with E-state index >= 15 is 0 Å². The molecule has 0 aliphatic rings. The van der Waals surface area contributed by atoms with Crippen LogP contribution in [0.25, 0.3) is 10.9 Å². The van der Waals surface area contributed by atoms with Gasteiger partial charge in [-0.15, -0.1) is 0 Å². The molecule has 86 valence electrons. The number of aliphatic hydroxyl groups excluding tert-OH is 1. The van der Waals surface area contributed by atoms with Crippen LogP contribution in [-0.2, 0) is 6.54 Å². The van der Waals surface area contributed by atoms with E-state index in [2.05, 4.69) is 6.07 Å². The van der Waals surface area contributed by atoms with Gasteiger partial charge in [-0.1, -0.05) is 0 Å². The lowest BCUT2D eigenvalue weighted by atomic mass is 10.1. The molecular formula is C13H12N2O2. The Labute approximate surface area is 98.7 Å². The molecule has 4 nitrogen and oxygen atoms in total. The number of aliphatic hydroxyl groups is 1. The van der Waals surface area contributed by atoms with Crippen molar-refractivity contribution < 1.29 is 9.90 Å². The largest absolute Gasteiger partial charge is 0.395 e. The van der Waals surface area contributed by atoms with E-state index in [0.717, 1.165) is 22.8 Å². The fraction of sp³-hybridized carbons (Fsp3) is 0.231. The van der Waals surface area contributed by atoms with Gasteiger partial charge in [0.05, 0.1) is 6.61 Å². The molecule has 2 aromatic rings. The van der Waals surface area contributed by atoms with Gasteiger partial charge >= 0.3 is 0 Å². The number of benzene rings is 1. The van der Waals surface area contributed by atoms with Gasteiger partial charge in [-0.25, -0.2) is 0 Å². The first-order valence-electron chi connectivity index (χ1n) is 5.32. The molecule has 1 aromatic carbocycles. The molecule has 1 heterocycles. The molecule has 0 aliphatic heterocycles. The summed E-state index contributed by atoms with van der Waals surface area (Å²) in [4.78, 5) is 10.8. The van der Waals surface area contributed by atoms with Crippen LogP contribution in [0.1, 0.15) is 21.6 Å². The van der Waals surface area contributed by atoms with Crippen LogP contribution in [0.4, 0.5) is 0 Å². The summed E-state index contributed by atoms with van der Waals surface area (Å²) in [5, 5.41) is 18.9. The third kappa shape index (κ3) is 1.71. The van der Waals surface area contributed by atoms with Crippen molar-refractivity contribution in [2.45, 2.75) is 13.5 Å². The maximum absolute atomic E-state index is 10.8. The van der Waals surface area contributed by atoms with Crippen LogP contribution in [0.5, 0.6) is 0 Å². The molecule has 0 saturated heterocycles. The van der Waals surface area contributed by atoms with Crippen molar-refractivity contribution in [3.63, 3.8) is 0 Å². The summed E-state index contributed by atoms with van der Waals surface area (Å²) in [6.45, 7) is 2.22. The van der Waals surface area contributed by atoms with Gasteiger partial charge in [0, 0.05) is 23.0 Å². The number of aryl methyl sites for hydroxylation is 1. The fourth-order valence-electron chi connectivity index (χ4n) is 2.05. The second-order valence-corrected chi connectivity index (χ2v) is 3.85. The Bertz CT molecular complexity index is 620. The van der Waals surface area contributed by atoms with E-state index in [9.17, 15) is 4.79 Å². The predicted octanol–water partition coefficient (Wildman–Crippen LogP) is 1.63. The highest BCUT2D eigenvalue weighted by atomic mass is 16.3. The Hall–Kier alpha value is -2.12. The summed E-state index contributed by atoms with van der Waals surface area (Å²) in [5.74, 6) is 0. The van der Waals surface area contributed by atoms with E-state index in [1.807, 2.05) is 13.0 Å². The number of hydrogen-bond donors (Lipinski definition) is 1. The minimum atomic E-state index is -0.0209. The molecule has 4 heteroatoms. The van der Waals surface area contributed by atoms with Gasteiger partial charge in [-0.3, -0.25) is 4.79 Å². The summed E-state index contributed by atoms with van der Waals surface area (Å²) in [6, 6.07) is 7.40. The van der Waals surface area contributed by atoms with E-state index in [-0.39, 0.29) is 6.61 Å². The van der Waals surface area contributed by atoms with Crippen molar-refractivity contribution in [1.82, 2.24) is 4.57 Å². The van der Waals surface area contributed by atoms with Crippen LogP contribution in [-0.4, -0.2) is 22.6 Å². The van der Waals surface area contributed by atoms with Crippen molar-refractivity contribution in [1.29, 1.82) is 5.26 Å². The maximum Gasteiger partial charge on any atom is 0.150 e. The normalized spacial score (nSPS) is 10.4. The number of nitrogens with zero attached hydrogens (tertiary/aromatic N) is 2. The molecule has 0 atom stereocenters. The number of carbonyl (C=O) groups excluding carboxylic acids is 1.